The summed E-state index contributed by atoms with van der Waals surface area (Å²) in [5.74, 6) is 1.13. The van der Waals surface area contributed by atoms with Gasteiger partial charge in [-0.1, -0.05) is 37.3 Å². The van der Waals surface area contributed by atoms with Crippen LogP contribution in [0, 0.1) is 6.92 Å². The lowest BCUT2D eigenvalue weighted by Crippen LogP contribution is -1.81. The summed E-state index contributed by atoms with van der Waals surface area (Å²) in [6.45, 7) is 4.36. The average Bonchev–Trinajstić information content (AvgIpc) is 2.23. The van der Waals surface area contributed by atoms with E-state index in [2.05, 4.69) is 50.2 Å². The number of hydrogen-bond acceptors (Lipinski definition) is 1. The van der Waals surface area contributed by atoms with E-state index in [-0.39, 0.29) is 0 Å². The summed E-state index contributed by atoms with van der Waals surface area (Å²) in [6.07, 6.45) is 0. The van der Waals surface area contributed by atoms with Crippen molar-refractivity contribution in [1.29, 1.82) is 0 Å². The van der Waals surface area contributed by atoms with Gasteiger partial charge in [-0.2, -0.15) is 0 Å². The first-order valence-electron chi connectivity index (χ1n) is 4.94. The van der Waals surface area contributed by atoms with Crippen molar-refractivity contribution in [2.45, 2.75) is 18.7 Å². The summed E-state index contributed by atoms with van der Waals surface area (Å²) in [7, 11) is 0. The molecule has 0 nitrogen and oxygen atoms in total. The average molecular weight is 202 g/mol. The lowest BCUT2D eigenvalue weighted by atomic mass is 10.1. The molecule has 0 N–H and O–H groups in total. The lowest BCUT2D eigenvalue weighted by Gasteiger charge is -2.07. The van der Waals surface area contributed by atoms with Gasteiger partial charge in [0.2, 0.25) is 0 Å². The van der Waals surface area contributed by atoms with Crippen LogP contribution in [0.3, 0.4) is 0 Å². The molecule has 1 heteroatoms. The van der Waals surface area contributed by atoms with Crippen molar-refractivity contribution in [2.75, 3.05) is 5.75 Å². The van der Waals surface area contributed by atoms with Crippen LogP contribution in [-0.4, -0.2) is 5.75 Å². The maximum Gasteiger partial charge on any atom is 0.0151 e. The van der Waals surface area contributed by atoms with Gasteiger partial charge >= 0.3 is 0 Å². The van der Waals surface area contributed by atoms with E-state index in [9.17, 15) is 0 Å². The Morgan fingerprint density at radius 3 is 2.43 bits per heavy atom. The molecule has 14 heavy (non-hydrogen) atoms. The molecule has 0 unspecified atom stereocenters. The Bertz CT molecular complexity index is 446. The van der Waals surface area contributed by atoms with Crippen LogP contribution in [0.5, 0.6) is 0 Å². The van der Waals surface area contributed by atoms with E-state index in [0.717, 1.165) is 5.75 Å². The van der Waals surface area contributed by atoms with Crippen LogP contribution in [0.2, 0.25) is 0 Å². The van der Waals surface area contributed by atoms with Gasteiger partial charge in [0.25, 0.3) is 0 Å². The van der Waals surface area contributed by atoms with Gasteiger partial charge in [0.15, 0.2) is 0 Å². The lowest BCUT2D eigenvalue weighted by molar-refractivity contribution is 1.43. The molecule has 0 saturated heterocycles. The van der Waals surface area contributed by atoms with Crippen LogP contribution in [0.1, 0.15) is 12.5 Å². The number of rotatable bonds is 2. The molecule has 0 bridgehead atoms. The van der Waals surface area contributed by atoms with E-state index in [0.29, 0.717) is 0 Å². The highest BCUT2D eigenvalue weighted by molar-refractivity contribution is 7.99. The Morgan fingerprint density at radius 2 is 1.71 bits per heavy atom. The van der Waals surface area contributed by atoms with Gasteiger partial charge < -0.3 is 0 Å². The van der Waals surface area contributed by atoms with Crippen LogP contribution in [0.15, 0.2) is 41.3 Å². The van der Waals surface area contributed by atoms with Crippen molar-refractivity contribution in [3.63, 3.8) is 0 Å². The number of aryl methyl sites for hydroxylation is 1. The fourth-order valence-corrected chi connectivity index (χ4v) is 2.51. The predicted molar refractivity (Wildman–Crippen MR) is 65.1 cm³/mol. The zero-order chi connectivity index (χ0) is 9.97. The molecule has 0 aromatic heterocycles. The molecule has 2 rings (SSSR count). The number of thioether (sulfide) groups is 1. The molecular formula is C13H14S. The molecule has 0 heterocycles. The summed E-state index contributed by atoms with van der Waals surface area (Å²) in [5, 5.41) is 2.77. The largest absolute Gasteiger partial charge is 0.126 e. The highest BCUT2D eigenvalue weighted by Crippen LogP contribution is 2.29. The summed E-state index contributed by atoms with van der Waals surface area (Å²) in [6, 6.07) is 13.1. The van der Waals surface area contributed by atoms with Gasteiger partial charge in [-0.15, -0.1) is 11.8 Å². The highest BCUT2D eigenvalue weighted by atomic mass is 32.2. The monoisotopic (exact) mass is 202 g/mol. The van der Waals surface area contributed by atoms with Crippen molar-refractivity contribution < 1.29 is 0 Å². The van der Waals surface area contributed by atoms with Crippen molar-refractivity contribution in [3.05, 3.63) is 42.0 Å². The molecule has 2 aromatic carbocycles. The number of benzene rings is 2. The summed E-state index contributed by atoms with van der Waals surface area (Å²) in [4.78, 5) is 1.40. The maximum atomic E-state index is 2.23. The van der Waals surface area contributed by atoms with Crippen LogP contribution in [0.25, 0.3) is 10.8 Å². The molecule has 0 atom stereocenters. The number of fused-ring (bicyclic) bond motifs is 1. The first kappa shape index (κ1) is 9.60. The molecule has 0 amide bonds. The number of hydrogen-bond donors (Lipinski definition) is 0. The van der Waals surface area contributed by atoms with E-state index < -0.39 is 0 Å². The van der Waals surface area contributed by atoms with Gasteiger partial charge in [-0.25, -0.2) is 0 Å². The van der Waals surface area contributed by atoms with Crippen LogP contribution >= 0.6 is 11.8 Å². The quantitative estimate of drug-likeness (QED) is 0.656. The minimum absolute atomic E-state index is 1.13. The fourth-order valence-electron chi connectivity index (χ4n) is 1.70. The van der Waals surface area contributed by atoms with Crippen LogP contribution < -0.4 is 0 Å². The van der Waals surface area contributed by atoms with Gasteiger partial charge in [-0.05, 0) is 35.1 Å². The Balaban J connectivity index is 2.68. The molecule has 2 aromatic rings. The van der Waals surface area contributed by atoms with E-state index in [1.54, 1.807) is 0 Å². The third-order valence-corrected chi connectivity index (χ3v) is 3.36. The first-order chi connectivity index (χ1) is 6.83. The SMILES string of the molecule is CCSc1ccc(C)c2ccccc12. The Hall–Kier alpha value is -0.950. The molecule has 0 aliphatic carbocycles. The van der Waals surface area contributed by atoms with Crippen molar-refractivity contribution in [3.8, 4) is 0 Å². The molecule has 0 saturated carbocycles. The minimum Gasteiger partial charge on any atom is -0.126 e. The second-order valence-corrected chi connectivity index (χ2v) is 4.67. The Labute approximate surface area is 89.3 Å². The second kappa shape index (κ2) is 4.05. The Kier molecular flexibility index (Phi) is 2.78. The van der Waals surface area contributed by atoms with E-state index in [1.807, 2.05) is 11.8 Å². The van der Waals surface area contributed by atoms with E-state index >= 15 is 0 Å². The van der Waals surface area contributed by atoms with Crippen molar-refractivity contribution in [2.24, 2.45) is 0 Å². The third-order valence-electron chi connectivity index (χ3n) is 2.40. The zero-order valence-electron chi connectivity index (χ0n) is 8.58. The van der Waals surface area contributed by atoms with E-state index in [1.165, 1.54) is 21.2 Å². The van der Waals surface area contributed by atoms with Crippen molar-refractivity contribution in [1.82, 2.24) is 0 Å². The second-order valence-electron chi connectivity index (χ2n) is 3.36. The van der Waals surface area contributed by atoms with Gasteiger partial charge in [-0.3, -0.25) is 0 Å². The minimum atomic E-state index is 1.13. The van der Waals surface area contributed by atoms with Gasteiger partial charge in [0.1, 0.15) is 0 Å². The Morgan fingerprint density at radius 1 is 1.00 bits per heavy atom. The molecule has 0 fully saturated rings. The highest BCUT2D eigenvalue weighted by Gasteiger charge is 2.01. The maximum absolute atomic E-state index is 2.23. The predicted octanol–water partition coefficient (Wildman–Crippen LogP) is 4.26. The van der Waals surface area contributed by atoms with Gasteiger partial charge in [0, 0.05) is 4.90 Å². The summed E-state index contributed by atoms with van der Waals surface area (Å²) in [5.41, 5.74) is 1.36. The van der Waals surface area contributed by atoms with E-state index in [4.69, 9.17) is 0 Å². The molecule has 0 radical (unpaired) electrons. The summed E-state index contributed by atoms with van der Waals surface area (Å²) < 4.78 is 0. The van der Waals surface area contributed by atoms with Crippen LogP contribution in [-0.2, 0) is 0 Å². The molecular weight excluding hydrogens is 188 g/mol. The molecule has 72 valence electrons. The topological polar surface area (TPSA) is 0 Å². The molecule has 0 aliphatic heterocycles. The molecule has 0 spiro atoms. The normalized spacial score (nSPS) is 10.7. The standard InChI is InChI=1S/C13H14S/c1-3-14-13-9-8-10(2)11-6-4-5-7-12(11)13/h4-9H,3H2,1-2H3. The summed E-state index contributed by atoms with van der Waals surface area (Å²) >= 11 is 1.91. The first-order valence-corrected chi connectivity index (χ1v) is 5.92. The van der Waals surface area contributed by atoms with Crippen LogP contribution in [0.4, 0.5) is 0 Å². The smallest absolute Gasteiger partial charge is 0.0151 e. The zero-order valence-corrected chi connectivity index (χ0v) is 9.40. The fraction of sp³-hybridized carbons (Fsp3) is 0.231. The van der Waals surface area contributed by atoms with Crippen molar-refractivity contribution >= 4 is 22.5 Å². The third kappa shape index (κ3) is 1.64. The van der Waals surface area contributed by atoms with Gasteiger partial charge in [0.05, 0.1) is 0 Å². The molecule has 0 aliphatic rings.